The quantitative estimate of drug-likeness (QED) is 0.163. The van der Waals surface area contributed by atoms with E-state index in [1.54, 1.807) is 37.6 Å². The van der Waals surface area contributed by atoms with Gasteiger partial charge in [-0.2, -0.15) is 0 Å². The molecule has 2 aliphatic heterocycles. The van der Waals surface area contributed by atoms with Crippen LogP contribution < -0.4 is 24.4 Å². The van der Waals surface area contributed by atoms with E-state index in [-0.39, 0.29) is 22.7 Å². The first kappa shape index (κ1) is 31.4. The van der Waals surface area contributed by atoms with Crippen molar-refractivity contribution in [3.05, 3.63) is 78.5 Å². The van der Waals surface area contributed by atoms with Gasteiger partial charge in [-0.25, -0.2) is 13.6 Å². The van der Waals surface area contributed by atoms with E-state index in [1.165, 1.54) is 46.2 Å². The van der Waals surface area contributed by atoms with Crippen LogP contribution in [0.2, 0.25) is 0 Å². The van der Waals surface area contributed by atoms with E-state index in [2.05, 4.69) is 15.2 Å². The van der Waals surface area contributed by atoms with Gasteiger partial charge < -0.3 is 24.3 Å². The number of pyridine rings is 1. The lowest BCUT2D eigenvalue weighted by Crippen LogP contribution is -2.38. The Morgan fingerprint density at radius 1 is 0.957 bits per heavy atom. The van der Waals surface area contributed by atoms with Crippen molar-refractivity contribution in [3.63, 3.8) is 0 Å². The molecule has 3 aromatic carbocycles. The van der Waals surface area contributed by atoms with Crippen molar-refractivity contribution < 1.29 is 32.5 Å². The van der Waals surface area contributed by atoms with Crippen molar-refractivity contribution in [3.8, 4) is 23.0 Å². The van der Waals surface area contributed by atoms with Crippen molar-refractivity contribution in [2.24, 2.45) is 0 Å². The van der Waals surface area contributed by atoms with Crippen LogP contribution in [0.3, 0.4) is 0 Å². The van der Waals surface area contributed by atoms with Gasteiger partial charge in [-0.05, 0) is 67.2 Å². The summed E-state index contributed by atoms with van der Waals surface area (Å²) >= 11 is 5.45. The van der Waals surface area contributed by atoms with Gasteiger partial charge in [0, 0.05) is 67.8 Å². The second-order valence-electron chi connectivity index (χ2n) is 10.7. The predicted molar refractivity (Wildman–Crippen MR) is 174 cm³/mol. The number of rotatable bonds is 10. The summed E-state index contributed by atoms with van der Waals surface area (Å²) in [6, 6.07) is 14.8. The van der Waals surface area contributed by atoms with Gasteiger partial charge in [-0.15, -0.1) is 0 Å². The number of benzene rings is 3. The first-order chi connectivity index (χ1) is 22.4. The molecule has 0 aliphatic carbocycles. The number of hydrogen-bond donors (Lipinski definition) is 1. The number of carbonyl (C=O) groups is 1. The van der Waals surface area contributed by atoms with Crippen LogP contribution in [0.1, 0.15) is 6.42 Å². The number of urea groups is 1. The van der Waals surface area contributed by atoms with Crippen molar-refractivity contribution in [1.82, 2.24) is 14.8 Å². The number of morpholine rings is 1. The Labute approximate surface area is 270 Å². The zero-order valence-electron chi connectivity index (χ0n) is 25.2. The summed E-state index contributed by atoms with van der Waals surface area (Å²) in [5.74, 6) is 0.445. The highest BCUT2D eigenvalue weighted by Gasteiger charge is 2.32. The van der Waals surface area contributed by atoms with Crippen LogP contribution in [0.5, 0.6) is 23.0 Å². The number of amides is 2. The second kappa shape index (κ2) is 14.2. The molecule has 46 heavy (non-hydrogen) atoms. The smallest absolute Gasteiger partial charge is 0.330 e. The van der Waals surface area contributed by atoms with Crippen LogP contribution in [0, 0.1) is 11.6 Å². The molecule has 2 amide bonds. The number of nitrogens with one attached hydrogen (secondary N) is 1. The molecule has 2 saturated heterocycles. The average molecular weight is 650 g/mol. The van der Waals surface area contributed by atoms with E-state index in [4.69, 9.17) is 31.2 Å². The second-order valence-corrected chi connectivity index (χ2v) is 11.1. The average Bonchev–Trinajstić information content (AvgIpc) is 3.46. The lowest BCUT2D eigenvalue weighted by atomic mass is 10.1. The van der Waals surface area contributed by atoms with Gasteiger partial charge >= 0.3 is 6.03 Å². The minimum Gasteiger partial charge on any atom is -0.493 e. The van der Waals surface area contributed by atoms with Crippen molar-refractivity contribution >= 4 is 45.6 Å². The van der Waals surface area contributed by atoms with Crippen molar-refractivity contribution in [1.29, 1.82) is 0 Å². The molecule has 0 bridgehead atoms. The fourth-order valence-corrected chi connectivity index (χ4v) is 5.63. The topological polar surface area (TPSA) is 88.6 Å². The molecule has 13 heteroatoms. The highest BCUT2D eigenvalue weighted by atomic mass is 32.1. The molecular formula is C33H33F2N5O5S. The van der Waals surface area contributed by atoms with Gasteiger partial charge in [0.1, 0.15) is 11.6 Å². The molecule has 240 valence electrons. The lowest BCUT2D eigenvalue weighted by Gasteiger charge is -2.26. The standard InChI is InChI=1S/C33H33F2N5O5S/c1-42-30-21-27-25(20-31(30)44-16-2-11-38-14-17-43-18-15-38)28(9-10-36-27)45-29-8-5-23(19-26(29)35)37-32(46)40-13-12-39(33(40)41)24-6-3-22(34)4-7-24/h3-10,19-21H,2,11-18H2,1H3,(H,37,46). The fraction of sp³-hybridized carbons (Fsp3) is 0.303. The van der Waals surface area contributed by atoms with Crippen molar-refractivity contribution in [2.75, 3.05) is 69.9 Å². The molecule has 1 N–H and O–H groups in total. The molecule has 0 saturated carbocycles. The summed E-state index contributed by atoms with van der Waals surface area (Å²) in [6.07, 6.45) is 2.42. The van der Waals surface area contributed by atoms with Gasteiger partial charge in [0.05, 0.1) is 32.4 Å². The van der Waals surface area contributed by atoms with E-state index < -0.39 is 5.82 Å². The highest BCUT2D eigenvalue weighted by molar-refractivity contribution is 7.80. The highest BCUT2D eigenvalue weighted by Crippen LogP contribution is 2.38. The first-order valence-electron chi connectivity index (χ1n) is 14.9. The largest absolute Gasteiger partial charge is 0.493 e. The summed E-state index contributed by atoms with van der Waals surface area (Å²) in [5, 5.41) is 3.68. The zero-order chi connectivity index (χ0) is 32.0. The molecule has 10 nitrogen and oxygen atoms in total. The Balaban J connectivity index is 1.11. The molecule has 3 heterocycles. The van der Waals surface area contributed by atoms with Gasteiger partial charge in [-0.1, -0.05) is 0 Å². The minimum atomic E-state index is -0.633. The third-order valence-corrected chi connectivity index (χ3v) is 8.08. The number of fused-ring (bicyclic) bond motifs is 1. The normalized spacial score (nSPS) is 15.3. The fourth-order valence-electron chi connectivity index (χ4n) is 5.34. The molecule has 0 radical (unpaired) electrons. The summed E-state index contributed by atoms with van der Waals surface area (Å²) in [7, 11) is 1.57. The van der Waals surface area contributed by atoms with E-state index in [0.717, 1.165) is 39.3 Å². The van der Waals surface area contributed by atoms with Crippen LogP contribution in [-0.4, -0.2) is 85.6 Å². The number of carbonyl (C=O) groups excluding carboxylic acids is 1. The van der Waals surface area contributed by atoms with Crippen LogP contribution in [-0.2, 0) is 4.74 Å². The number of methoxy groups -OCH3 is 1. The summed E-state index contributed by atoms with van der Waals surface area (Å²) in [4.78, 5) is 22.6. The molecule has 2 aliphatic rings. The number of hydrogen-bond acceptors (Lipinski definition) is 8. The molecule has 0 spiro atoms. The summed E-state index contributed by atoms with van der Waals surface area (Å²) in [6.45, 7) is 5.44. The predicted octanol–water partition coefficient (Wildman–Crippen LogP) is 6.05. The monoisotopic (exact) mass is 649 g/mol. The Morgan fingerprint density at radius 3 is 2.52 bits per heavy atom. The maximum Gasteiger partial charge on any atom is 0.330 e. The van der Waals surface area contributed by atoms with E-state index in [1.807, 2.05) is 0 Å². The number of nitrogens with zero attached hydrogens (tertiary/aromatic N) is 4. The van der Waals surface area contributed by atoms with Gasteiger partial charge in [-0.3, -0.25) is 19.7 Å². The van der Waals surface area contributed by atoms with Crippen LogP contribution >= 0.6 is 12.2 Å². The van der Waals surface area contributed by atoms with E-state index in [0.29, 0.717) is 59.2 Å². The van der Waals surface area contributed by atoms with Gasteiger partial charge in [0.2, 0.25) is 0 Å². The lowest BCUT2D eigenvalue weighted by molar-refractivity contribution is 0.0357. The molecule has 2 fully saturated rings. The molecular weight excluding hydrogens is 616 g/mol. The number of thiocarbonyl (C=S) groups is 1. The van der Waals surface area contributed by atoms with Gasteiger partial charge in [0.15, 0.2) is 28.2 Å². The Morgan fingerprint density at radius 2 is 1.76 bits per heavy atom. The number of ether oxygens (including phenoxy) is 4. The van der Waals surface area contributed by atoms with E-state index in [9.17, 15) is 9.18 Å². The maximum absolute atomic E-state index is 15.3. The number of halogens is 2. The Kier molecular flexibility index (Phi) is 9.71. The Hall–Kier alpha value is -4.59. The summed E-state index contributed by atoms with van der Waals surface area (Å²) in [5.41, 5.74) is 1.51. The van der Waals surface area contributed by atoms with Crippen LogP contribution in [0.4, 0.5) is 25.0 Å². The van der Waals surface area contributed by atoms with Gasteiger partial charge in [0.25, 0.3) is 0 Å². The number of anilines is 2. The minimum absolute atomic E-state index is 0.00694. The molecule has 0 atom stereocenters. The van der Waals surface area contributed by atoms with Crippen molar-refractivity contribution in [2.45, 2.75) is 6.42 Å². The molecule has 6 rings (SSSR count). The SMILES string of the molecule is COc1cc2nccc(Oc3ccc(NC(=S)N4CCN(c5ccc(F)cc5)C4=O)cc3F)c2cc1OCCCN1CCOCC1. The maximum atomic E-state index is 15.3. The number of aromatic nitrogens is 1. The van der Waals surface area contributed by atoms with E-state index >= 15 is 4.39 Å². The first-order valence-corrected chi connectivity index (χ1v) is 15.3. The van der Waals surface area contributed by atoms with Crippen LogP contribution in [0.15, 0.2) is 66.9 Å². The molecule has 1 aromatic heterocycles. The Bertz CT molecular complexity index is 1720. The molecule has 4 aromatic rings. The zero-order valence-corrected chi connectivity index (χ0v) is 26.0. The summed E-state index contributed by atoms with van der Waals surface area (Å²) < 4.78 is 51.7. The molecule has 0 unspecified atom stereocenters. The third kappa shape index (κ3) is 7.11. The van der Waals surface area contributed by atoms with Crippen LogP contribution in [0.25, 0.3) is 10.9 Å². The third-order valence-electron chi connectivity index (χ3n) is 7.76.